The van der Waals surface area contributed by atoms with Crippen LogP contribution in [0.3, 0.4) is 0 Å². The molecule has 7 nitrogen and oxygen atoms in total. The van der Waals surface area contributed by atoms with Gasteiger partial charge in [-0.15, -0.1) is 0 Å². The number of carbonyl (C=O) groups is 2. The summed E-state index contributed by atoms with van der Waals surface area (Å²) in [4.78, 5) is 24.6. The zero-order valence-corrected chi connectivity index (χ0v) is 19.1. The molecule has 0 unspecified atom stereocenters. The van der Waals surface area contributed by atoms with E-state index in [4.69, 9.17) is 20.0 Å². The van der Waals surface area contributed by atoms with E-state index in [0.29, 0.717) is 13.1 Å². The van der Waals surface area contributed by atoms with Crippen LogP contribution in [-0.4, -0.2) is 38.2 Å². The summed E-state index contributed by atoms with van der Waals surface area (Å²) >= 11 is 0. The van der Waals surface area contributed by atoms with Crippen molar-refractivity contribution in [3.8, 4) is 24.0 Å². The number of hydrogen-bond donors (Lipinski definition) is 0. The predicted molar refractivity (Wildman–Crippen MR) is 133 cm³/mol. The van der Waals surface area contributed by atoms with Crippen molar-refractivity contribution in [1.82, 2.24) is 0 Å². The van der Waals surface area contributed by atoms with Gasteiger partial charge in [-0.25, -0.2) is 9.59 Å². The lowest BCUT2D eigenvalue weighted by Gasteiger charge is -2.24. The number of nitrogens with zero attached hydrogens (tertiary/aromatic N) is 3. The molecule has 0 fully saturated rings. The van der Waals surface area contributed by atoms with Crippen LogP contribution in [0.1, 0.15) is 16.7 Å². The first-order valence-corrected chi connectivity index (χ1v) is 10.6. The molecule has 174 valence electrons. The molecule has 0 aromatic heterocycles. The molecule has 7 heteroatoms. The van der Waals surface area contributed by atoms with Gasteiger partial charge in [-0.1, -0.05) is 37.1 Å². The molecular formula is C28H23N3O4. The number of esters is 2. The second kappa shape index (κ2) is 14.2. The number of allylic oxidation sites excluding steroid dienone is 1. The van der Waals surface area contributed by atoms with Crippen molar-refractivity contribution < 1.29 is 19.1 Å². The van der Waals surface area contributed by atoms with Gasteiger partial charge in [-0.3, -0.25) is 0 Å². The number of rotatable bonds is 10. The van der Waals surface area contributed by atoms with E-state index < -0.39 is 11.9 Å². The van der Waals surface area contributed by atoms with Gasteiger partial charge in [-0.05, 0) is 48.0 Å². The highest BCUT2D eigenvalue weighted by molar-refractivity contribution is 5.81. The minimum absolute atomic E-state index is 0.0377. The summed E-state index contributed by atoms with van der Waals surface area (Å²) in [7, 11) is 0. The molecule has 2 aromatic carbocycles. The Bertz CT molecular complexity index is 1190. The average molecular weight is 466 g/mol. The van der Waals surface area contributed by atoms with E-state index in [1.54, 1.807) is 12.1 Å². The molecule has 0 saturated heterocycles. The molecule has 0 heterocycles. The van der Waals surface area contributed by atoms with Crippen LogP contribution in [0.4, 0.5) is 5.69 Å². The van der Waals surface area contributed by atoms with E-state index in [-0.39, 0.29) is 18.8 Å². The molecule has 0 aliphatic heterocycles. The van der Waals surface area contributed by atoms with Gasteiger partial charge in [0, 0.05) is 29.0 Å². The Labute approximate surface area is 204 Å². The van der Waals surface area contributed by atoms with Crippen molar-refractivity contribution in [2.75, 3.05) is 31.2 Å². The first-order chi connectivity index (χ1) is 17.0. The summed E-state index contributed by atoms with van der Waals surface area (Å²) in [5.74, 6) is 5.16. The molecule has 2 rings (SSSR count). The highest BCUT2D eigenvalue weighted by atomic mass is 16.5. The molecule has 0 aliphatic rings. The largest absolute Gasteiger partial charge is 0.461 e. The van der Waals surface area contributed by atoms with Gasteiger partial charge >= 0.3 is 11.9 Å². The molecule has 2 aromatic rings. The van der Waals surface area contributed by atoms with Gasteiger partial charge in [0.05, 0.1) is 13.1 Å². The quantitative estimate of drug-likeness (QED) is 0.228. The Morgan fingerprint density at radius 2 is 1.26 bits per heavy atom. The maximum Gasteiger partial charge on any atom is 0.330 e. The third kappa shape index (κ3) is 9.14. The van der Waals surface area contributed by atoms with Crippen LogP contribution >= 0.6 is 0 Å². The molecule has 0 bridgehead atoms. The van der Waals surface area contributed by atoms with Crippen LogP contribution in [0.5, 0.6) is 0 Å². The maximum atomic E-state index is 11.3. The lowest BCUT2D eigenvalue weighted by molar-refractivity contribution is -0.137. The van der Waals surface area contributed by atoms with Crippen LogP contribution in [-0.2, 0) is 19.1 Å². The molecule has 0 radical (unpaired) electrons. The summed E-state index contributed by atoms with van der Waals surface area (Å²) in [5.41, 5.74) is 3.22. The highest BCUT2D eigenvalue weighted by Crippen LogP contribution is 2.15. The maximum absolute atomic E-state index is 11.3. The minimum Gasteiger partial charge on any atom is -0.461 e. The molecule has 0 N–H and O–H groups in total. The molecule has 0 saturated carbocycles. The summed E-state index contributed by atoms with van der Waals surface area (Å²) in [6.45, 7) is 7.84. The normalized spacial score (nSPS) is 9.20. The average Bonchev–Trinajstić information content (AvgIpc) is 2.90. The van der Waals surface area contributed by atoms with E-state index in [1.807, 2.05) is 53.4 Å². The van der Waals surface area contributed by atoms with Crippen molar-refractivity contribution in [3.05, 3.63) is 96.1 Å². The van der Waals surface area contributed by atoms with E-state index in [2.05, 4.69) is 25.0 Å². The van der Waals surface area contributed by atoms with Crippen molar-refractivity contribution >= 4 is 23.7 Å². The van der Waals surface area contributed by atoms with E-state index in [1.165, 1.54) is 6.08 Å². The molecule has 0 aliphatic carbocycles. The zero-order chi connectivity index (χ0) is 25.5. The molecule has 0 amide bonds. The predicted octanol–water partition coefficient (Wildman–Crippen LogP) is 3.78. The third-order valence-electron chi connectivity index (χ3n) is 4.59. The van der Waals surface area contributed by atoms with Gasteiger partial charge in [0.2, 0.25) is 0 Å². The van der Waals surface area contributed by atoms with Crippen LogP contribution in [0, 0.1) is 34.5 Å². The SMILES string of the molecule is C=CC(=O)OCCN(CCOC(=O)C=C)c1ccc(C#Cc2ccc(C=C(C#N)C#N)cc2)cc1. The Morgan fingerprint density at radius 3 is 1.69 bits per heavy atom. The third-order valence-corrected chi connectivity index (χ3v) is 4.59. The number of ether oxygens (including phenoxy) is 2. The van der Waals surface area contributed by atoms with E-state index in [0.717, 1.165) is 34.5 Å². The molecule has 35 heavy (non-hydrogen) atoms. The fourth-order valence-corrected chi connectivity index (χ4v) is 2.82. The highest BCUT2D eigenvalue weighted by Gasteiger charge is 2.09. The minimum atomic E-state index is -0.506. The van der Waals surface area contributed by atoms with Crippen molar-refractivity contribution in [2.45, 2.75) is 0 Å². The van der Waals surface area contributed by atoms with Crippen molar-refractivity contribution in [3.63, 3.8) is 0 Å². The molecule has 0 atom stereocenters. The standard InChI is InChI=1S/C28H23N3O4/c1-3-27(32)34-17-15-31(16-18-35-28(33)4-2)26-13-11-23(12-14-26)6-5-22-7-9-24(10-8-22)19-25(20-29)21-30/h3-4,7-14,19H,1-2,15-18H2. The second-order valence-corrected chi connectivity index (χ2v) is 6.93. The fourth-order valence-electron chi connectivity index (χ4n) is 2.82. The summed E-state index contributed by atoms with van der Waals surface area (Å²) in [5, 5.41) is 17.7. The lowest BCUT2D eigenvalue weighted by Crippen LogP contribution is -2.32. The topological polar surface area (TPSA) is 103 Å². The Balaban J connectivity index is 2.08. The molecular weight excluding hydrogens is 442 g/mol. The van der Waals surface area contributed by atoms with E-state index in [9.17, 15) is 9.59 Å². The molecule has 0 spiro atoms. The Hall–Kier alpha value is -5.06. The first kappa shape index (κ1) is 26.2. The number of anilines is 1. The van der Waals surface area contributed by atoms with Gasteiger partial charge in [0.15, 0.2) is 0 Å². The second-order valence-electron chi connectivity index (χ2n) is 6.93. The number of carbonyl (C=O) groups excluding carboxylic acids is 2. The van der Waals surface area contributed by atoms with Crippen molar-refractivity contribution in [1.29, 1.82) is 10.5 Å². The summed E-state index contributed by atoms with van der Waals surface area (Å²) in [6.07, 6.45) is 3.71. The van der Waals surface area contributed by atoms with Gasteiger partial charge in [0.1, 0.15) is 30.9 Å². The van der Waals surface area contributed by atoms with Crippen LogP contribution in [0.15, 0.2) is 79.4 Å². The Kier molecular flexibility index (Phi) is 10.6. The van der Waals surface area contributed by atoms with Crippen LogP contribution in [0.25, 0.3) is 6.08 Å². The monoisotopic (exact) mass is 465 g/mol. The zero-order valence-electron chi connectivity index (χ0n) is 19.1. The van der Waals surface area contributed by atoms with Crippen LogP contribution < -0.4 is 4.90 Å². The summed E-state index contributed by atoms with van der Waals surface area (Å²) in [6, 6.07) is 18.4. The lowest BCUT2D eigenvalue weighted by atomic mass is 10.1. The smallest absolute Gasteiger partial charge is 0.330 e. The Morgan fingerprint density at radius 1 is 0.800 bits per heavy atom. The number of nitriles is 2. The van der Waals surface area contributed by atoms with Crippen molar-refractivity contribution in [2.24, 2.45) is 0 Å². The number of hydrogen-bond acceptors (Lipinski definition) is 7. The van der Waals surface area contributed by atoms with E-state index >= 15 is 0 Å². The van der Waals surface area contributed by atoms with Gasteiger partial charge in [0.25, 0.3) is 0 Å². The fraction of sp³-hybridized carbons (Fsp3) is 0.143. The first-order valence-electron chi connectivity index (χ1n) is 10.6. The van der Waals surface area contributed by atoms with Gasteiger partial charge < -0.3 is 14.4 Å². The van der Waals surface area contributed by atoms with Gasteiger partial charge in [-0.2, -0.15) is 10.5 Å². The number of benzene rings is 2. The van der Waals surface area contributed by atoms with Crippen LogP contribution in [0.2, 0.25) is 0 Å². The summed E-state index contributed by atoms with van der Waals surface area (Å²) < 4.78 is 10.1.